The standard InChI is InChI=1S/C35H41F3O/c1-3-5-7-8-10-11-27-18-22-32(35(38)34(27)37)26-15-13-25(14-16-26)28-19-21-31(33(36)23-28)29-17-20-30(39-24-29)12-9-6-4-2/h4,6,13-16,18-19,21-23,29-30H,3,5,7-12,17,20,24H2,1-2H3/b6-4+. The van der Waals surface area contributed by atoms with Crippen molar-refractivity contribution in [1.82, 2.24) is 0 Å². The summed E-state index contributed by atoms with van der Waals surface area (Å²) in [4.78, 5) is 0. The summed E-state index contributed by atoms with van der Waals surface area (Å²) >= 11 is 0. The third-order valence-corrected chi connectivity index (χ3v) is 7.94. The minimum Gasteiger partial charge on any atom is -0.378 e. The van der Waals surface area contributed by atoms with E-state index in [1.54, 1.807) is 30.3 Å². The van der Waals surface area contributed by atoms with Crippen LogP contribution in [-0.4, -0.2) is 12.7 Å². The van der Waals surface area contributed by atoms with E-state index in [0.29, 0.717) is 29.7 Å². The van der Waals surface area contributed by atoms with Crippen LogP contribution in [-0.2, 0) is 11.2 Å². The van der Waals surface area contributed by atoms with Gasteiger partial charge in [-0.3, -0.25) is 0 Å². The molecular weight excluding hydrogens is 493 g/mol. The summed E-state index contributed by atoms with van der Waals surface area (Å²) in [5.74, 6) is -1.71. The maximum absolute atomic E-state index is 15.1. The van der Waals surface area contributed by atoms with Gasteiger partial charge in [-0.15, -0.1) is 0 Å². The molecule has 0 saturated carbocycles. The van der Waals surface area contributed by atoms with Crippen LogP contribution in [0.2, 0.25) is 0 Å². The molecule has 1 aliphatic rings. The van der Waals surface area contributed by atoms with Gasteiger partial charge in [0.15, 0.2) is 11.6 Å². The van der Waals surface area contributed by atoms with Gasteiger partial charge in [0.25, 0.3) is 0 Å². The molecule has 0 radical (unpaired) electrons. The molecule has 0 amide bonds. The molecule has 208 valence electrons. The number of hydrogen-bond donors (Lipinski definition) is 0. The summed E-state index contributed by atoms with van der Waals surface area (Å²) in [6.45, 7) is 4.73. The van der Waals surface area contributed by atoms with Crippen molar-refractivity contribution in [2.45, 2.75) is 90.1 Å². The SMILES string of the molecule is C/C=C/CCC1CCC(c2ccc(-c3ccc(-c4ccc(CCCCCCC)c(F)c4F)cc3)cc2F)CO1. The molecule has 3 aromatic carbocycles. The van der Waals surface area contributed by atoms with Crippen molar-refractivity contribution in [1.29, 1.82) is 0 Å². The zero-order valence-corrected chi connectivity index (χ0v) is 23.3. The molecule has 0 aromatic heterocycles. The highest BCUT2D eigenvalue weighted by molar-refractivity contribution is 5.71. The fourth-order valence-electron chi connectivity index (χ4n) is 5.53. The molecule has 1 heterocycles. The first kappa shape index (κ1) is 29.1. The first-order chi connectivity index (χ1) is 19.0. The molecule has 1 aliphatic heterocycles. The van der Waals surface area contributed by atoms with E-state index in [1.165, 1.54) is 6.42 Å². The van der Waals surface area contributed by atoms with Crippen molar-refractivity contribution in [3.63, 3.8) is 0 Å². The molecule has 0 N–H and O–H groups in total. The van der Waals surface area contributed by atoms with Gasteiger partial charge in [-0.2, -0.15) is 0 Å². The van der Waals surface area contributed by atoms with E-state index in [1.807, 2.05) is 31.2 Å². The quantitative estimate of drug-likeness (QED) is 0.166. The molecule has 0 bridgehead atoms. The number of ether oxygens (including phenoxy) is 1. The molecule has 39 heavy (non-hydrogen) atoms. The van der Waals surface area contributed by atoms with Crippen molar-refractivity contribution in [3.8, 4) is 22.3 Å². The van der Waals surface area contributed by atoms with Gasteiger partial charge in [-0.05, 0) is 79.3 Å². The normalized spacial score (nSPS) is 17.7. The van der Waals surface area contributed by atoms with Gasteiger partial charge in [0.1, 0.15) is 5.82 Å². The molecule has 0 aliphatic carbocycles. The van der Waals surface area contributed by atoms with E-state index >= 15 is 4.39 Å². The van der Waals surface area contributed by atoms with Crippen molar-refractivity contribution >= 4 is 0 Å². The number of rotatable bonds is 12. The van der Waals surface area contributed by atoms with Gasteiger partial charge in [-0.1, -0.05) is 93.3 Å². The third kappa shape index (κ3) is 7.63. The van der Waals surface area contributed by atoms with Gasteiger partial charge in [0.2, 0.25) is 0 Å². The van der Waals surface area contributed by atoms with E-state index in [-0.39, 0.29) is 23.4 Å². The number of unbranched alkanes of at least 4 members (excludes halogenated alkanes) is 4. The summed E-state index contributed by atoms with van der Waals surface area (Å²) in [5, 5.41) is 0. The van der Waals surface area contributed by atoms with Crippen LogP contribution in [0.3, 0.4) is 0 Å². The van der Waals surface area contributed by atoms with E-state index in [9.17, 15) is 8.78 Å². The zero-order valence-electron chi connectivity index (χ0n) is 23.3. The Morgan fingerprint density at radius 2 is 1.56 bits per heavy atom. The minimum absolute atomic E-state index is 0.0663. The molecule has 1 saturated heterocycles. The highest BCUT2D eigenvalue weighted by atomic mass is 19.2. The van der Waals surface area contributed by atoms with Crippen LogP contribution in [0.5, 0.6) is 0 Å². The smallest absolute Gasteiger partial charge is 0.166 e. The molecule has 1 nitrogen and oxygen atoms in total. The van der Waals surface area contributed by atoms with Gasteiger partial charge < -0.3 is 4.74 Å². The van der Waals surface area contributed by atoms with Crippen molar-refractivity contribution in [2.75, 3.05) is 6.61 Å². The van der Waals surface area contributed by atoms with Crippen LogP contribution >= 0.6 is 0 Å². The number of aryl methyl sites for hydroxylation is 1. The summed E-state index contributed by atoms with van der Waals surface area (Å²) in [5.41, 5.74) is 3.57. The first-order valence-electron chi connectivity index (χ1n) is 14.6. The highest BCUT2D eigenvalue weighted by Gasteiger charge is 2.25. The lowest BCUT2D eigenvalue weighted by atomic mass is 9.88. The summed E-state index contributed by atoms with van der Waals surface area (Å²) < 4.78 is 50.9. The number of hydrogen-bond acceptors (Lipinski definition) is 1. The molecule has 3 aromatic rings. The largest absolute Gasteiger partial charge is 0.378 e. The topological polar surface area (TPSA) is 9.23 Å². The van der Waals surface area contributed by atoms with Crippen molar-refractivity contribution < 1.29 is 17.9 Å². The Morgan fingerprint density at radius 3 is 2.26 bits per heavy atom. The molecule has 1 fully saturated rings. The second kappa shape index (κ2) is 14.5. The molecule has 4 heteroatoms. The van der Waals surface area contributed by atoms with Gasteiger partial charge in [-0.25, -0.2) is 13.2 Å². The van der Waals surface area contributed by atoms with E-state index in [0.717, 1.165) is 62.5 Å². The van der Waals surface area contributed by atoms with Crippen LogP contribution in [0.4, 0.5) is 13.2 Å². The lowest BCUT2D eigenvalue weighted by molar-refractivity contribution is -0.000797. The first-order valence-corrected chi connectivity index (χ1v) is 14.6. The molecule has 2 unspecified atom stereocenters. The number of benzene rings is 3. The average Bonchev–Trinajstić information content (AvgIpc) is 2.96. The Hall–Kier alpha value is -2.85. The Bertz CT molecular complexity index is 1220. The average molecular weight is 535 g/mol. The monoisotopic (exact) mass is 534 g/mol. The molecule has 2 atom stereocenters. The van der Waals surface area contributed by atoms with Crippen LogP contribution in [0.15, 0.2) is 66.7 Å². The highest BCUT2D eigenvalue weighted by Crippen LogP contribution is 2.34. The van der Waals surface area contributed by atoms with Crippen LogP contribution < -0.4 is 0 Å². The Morgan fingerprint density at radius 1 is 0.821 bits per heavy atom. The van der Waals surface area contributed by atoms with Gasteiger partial charge in [0.05, 0.1) is 12.7 Å². The van der Waals surface area contributed by atoms with Crippen LogP contribution in [0, 0.1) is 17.5 Å². The zero-order chi connectivity index (χ0) is 27.6. The second-order valence-electron chi connectivity index (χ2n) is 10.8. The number of halogens is 3. The molecule has 4 rings (SSSR count). The molecular formula is C35H41F3O. The Kier molecular flexibility index (Phi) is 10.8. The fraction of sp³-hybridized carbons (Fsp3) is 0.429. The Labute approximate surface area is 232 Å². The lowest BCUT2D eigenvalue weighted by Crippen LogP contribution is -2.25. The maximum atomic E-state index is 15.1. The van der Waals surface area contributed by atoms with E-state index < -0.39 is 11.6 Å². The predicted octanol–water partition coefficient (Wildman–Crippen LogP) is 10.6. The number of allylic oxidation sites excluding steroid dienone is 2. The van der Waals surface area contributed by atoms with Gasteiger partial charge >= 0.3 is 0 Å². The predicted molar refractivity (Wildman–Crippen MR) is 155 cm³/mol. The van der Waals surface area contributed by atoms with E-state index in [4.69, 9.17) is 4.74 Å². The summed E-state index contributed by atoms with van der Waals surface area (Å²) in [6, 6.07) is 15.9. The second-order valence-corrected chi connectivity index (χ2v) is 10.8. The summed E-state index contributed by atoms with van der Waals surface area (Å²) in [7, 11) is 0. The molecule has 0 spiro atoms. The van der Waals surface area contributed by atoms with Crippen molar-refractivity contribution in [2.24, 2.45) is 0 Å². The third-order valence-electron chi connectivity index (χ3n) is 7.94. The maximum Gasteiger partial charge on any atom is 0.166 e. The fourth-order valence-corrected chi connectivity index (χ4v) is 5.53. The van der Waals surface area contributed by atoms with Gasteiger partial charge in [0, 0.05) is 11.5 Å². The minimum atomic E-state index is -0.803. The van der Waals surface area contributed by atoms with E-state index in [2.05, 4.69) is 19.1 Å². The lowest BCUT2D eigenvalue weighted by Gasteiger charge is -2.29. The Balaban J connectivity index is 1.39. The van der Waals surface area contributed by atoms with Crippen LogP contribution in [0.25, 0.3) is 22.3 Å². The van der Waals surface area contributed by atoms with Crippen LogP contribution in [0.1, 0.15) is 88.7 Å². The summed E-state index contributed by atoms with van der Waals surface area (Å²) in [6.07, 6.45) is 14.3. The van der Waals surface area contributed by atoms with Crippen molar-refractivity contribution in [3.05, 3.63) is 95.3 Å².